The van der Waals surface area contributed by atoms with E-state index in [0.29, 0.717) is 0 Å². The average Bonchev–Trinajstić information content (AvgIpc) is 3.06. The van der Waals surface area contributed by atoms with E-state index in [2.05, 4.69) is 17.7 Å². The summed E-state index contributed by atoms with van der Waals surface area (Å²) in [5.74, 6) is -0.626. The Hall–Kier alpha value is -3.13. The molecule has 25 heavy (non-hydrogen) atoms. The maximum absolute atomic E-state index is 10.8. The van der Waals surface area contributed by atoms with Gasteiger partial charge in [-0.25, -0.2) is 0 Å². The lowest BCUT2D eigenvalue weighted by Gasteiger charge is -1.99. The number of nitrogens with one attached hydrogen (secondary N) is 1. The van der Waals surface area contributed by atoms with Crippen LogP contribution in [0, 0.1) is 0 Å². The van der Waals surface area contributed by atoms with Crippen LogP contribution in [0.3, 0.4) is 0 Å². The van der Waals surface area contributed by atoms with Crippen LogP contribution >= 0.6 is 12.6 Å². The van der Waals surface area contributed by atoms with Gasteiger partial charge in [-0.1, -0.05) is 18.2 Å². The number of thiol groups is 1. The van der Waals surface area contributed by atoms with Crippen molar-refractivity contribution in [2.75, 3.05) is 5.75 Å². The molecule has 1 aromatic heterocycles. The van der Waals surface area contributed by atoms with Crippen LogP contribution in [0.15, 0.2) is 71.7 Å². The zero-order chi connectivity index (χ0) is 18.7. The number of hydrogen-bond donors (Lipinski definition) is 5. The normalized spacial score (nSPS) is 9.16. The van der Waals surface area contributed by atoms with E-state index in [0.717, 1.165) is 5.69 Å². The Kier molecular flexibility index (Phi) is 8.45. The number of carboxylic acids is 1. The van der Waals surface area contributed by atoms with Crippen LogP contribution in [0.4, 0.5) is 0 Å². The molecule has 0 amide bonds. The van der Waals surface area contributed by atoms with E-state index >= 15 is 0 Å². The van der Waals surface area contributed by atoms with E-state index in [9.17, 15) is 9.59 Å². The molecule has 0 bridgehead atoms. The number of aromatic hydroxyl groups is 2. The zero-order valence-electron chi connectivity index (χ0n) is 13.1. The van der Waals surface area contributed by atoms with Crippen molar-refractivity contribution >= 4 is 18.6 Å². The summed E-state index contributed by atoms with van der Waals surface area (Å²) in [6, 6.07) is 16.8. The summed E-state index contributed by atoms with van der Waals surface area (Å²) in [5, 5.41) is 27.6. The molecule has 0 radical (unpaired) electrons. The van der Waals surface area contributed by atoms with E-state index in [4.69, 9.17) is 15.3 Å². The number of H-pyrrole nitrogens is 1. The molecule has 0 aliphatic rings. The third kappa shape index (κ3) is 8.33. The fourth-order valence-corrected chi connectivity index (χ4v) is 1.53. The number of aromatic nitrogens is 2. The lowest BCUT2D eigenvalue weighted by Crippen LogP contribution is -2.02. The van der Waals surface area contributed by atoms with Gasteiger partial charge in [-0.15, -0.1) is 0 Å². The molecule has 3 aromatic rings. The highest BCUT2D eigenvalue weighted by atomic mass is 32.1. The van der Waals surface area contributed by atoms with Crippen molar-refractivity contribution < 1.29 is 20.1 Å². The number of aromatic amines is 1. The maximum Gasteiger partial charge on any atom is 0.313 e. The van der Waals surface area contributed by atoms with Gasteiger partial charge in [0.15, 0.2) is 0 Å². The standard InChI is InChI=1S/C9H8N2O.C6H6O2.C2H4O2S/c12-9-6-7-11(10-9)8-4-2-1-3-5-8;7-5-1-2-6(8)4-3-5;3-2(4)1-5/h1-7H,(H,10,12);1-4,7-8H;5H,1H2,(H,3,4). The number of rotatable bonds is 2. The second-order valence-electron chi connectivity index (χ2n) is 4.57. The van der Waals surface area contributed by atoms with E-state index in [1.807, 2.05) is 30.3 Å². The minimum atomic E-state index is -0.881. The molecule has 0 saturated heterocycles. The molecule has 0 unspecified atom stereocenters. The van der Waals surface area contributed by atoms with Crippen LogP contribution in [0.25, 0.3) is 5.69 Å². The molecule has 1 heterocycles. The number of para-hydroxylation sites is 1. The van der Waals surface area contributed by atoms with Gasteiger partial charge in [0, 0.05) is 12.3 Å². The molecule has 132 valence electrons. The molecule has 0 aliphatic heterocycles. The van der Waals surface area contributed by atoms with Gasteiger partial charge in [-0.2, -0.15) is 12.6 Å². The average molecular weight is 362 g/mol. The molecular formula is C17H18N2O5S. The Morgan fingerprint density at radius 1 is 0.960 bits per heavy atom. The molecule has 7 nitrogen and oxygen atoms in total. The zero-order valence-corrected chi connectivity index (χ0v) is 14.0. The first kappa shape index (κ1) is 19.9. The fraction of sp³-hybridized carbons (Fsp3) is 0.0588. The molecule has 0 aliphatic carbocycles. The van der Waals surface area contributed by atoms with Crippen molar-refractivity contribution in [2.45, 2.75) is 0 Å². The number of carbonyl (C=O) groups is 1. The second kappa shape index (κ2) is 10.6. The minimum absolute atomic E-state index is 0.0833. The van der Waals surface area contributed by atoms with E-state index in [-0.39, 0.29) is 22.8 Å². The molecule has 0 spiro atoms. The quantitative estimate of drug-likeness (QED) is 0.354. The number of carboxylic acid groups (broad SMARTS) is 1. The summed E-state index contributed by atoms with van der Waals surface area (Å²) in [4.78, 5) is 20.1. The van der Waals surface area contributed by atoms with Gasteiger partial charge in [-0.3, -0.25) is 19.4 Å². The summed E-state index contributed by atoms with van der Waals surface area (Å²) in [6.45, 7) is 0. The topological polar surface area (TPSA) is 116 Å². The molecular weight excluding hydrogens is 344 g/mol. The van der Waals surface area contributed by atoms with E-state index < -0.39 is 5.97 Å². The molecule has 0 atom stereocenters. The summed E-state index contributed by atoms with van der Waals surface area (Å²) >= 11 is 3.42. The van der Waals surface area contributed by atoms with Gasteiger partial charge < -0.3 is 15.3 Å². The highest BCUT2D eigenvalue weighted by molar-refractivity contribution is 7.81. The van der Waals surface area contributed by atoms with Gasteiger partial charge in [0.2, 0.25) is 0 Å². The maximum atomic E-state index is 10.8. The third-order valence-electron chi connectivity index (χ3n) is 2.62. The van der Waals surface area contributed by atoms with Crippen LogP contribution in [-0.4, -0.2) is 36.8 Å². The largest absolute Gasteiger partial charge is 0.508 e. The highest BCUT2D eigenvalue weighted by Crippen LogP contribution is 2.13. The number of nitrogens with zero attached hydrogens (tertiary/aromatic N) is 1. The molecule has 0 saturated carbocycles. The Bertz CT molecular complexity index is 792. The molecule has 4 N–H and O–H groups in total. The number of phenols is 2. The predicted octanol–water partition coefficient (Wildman–Crippen LogP) is 2.26. The Labute approximate surface area is 149 Å². The van der Waals surface area contributed by atoms with Crippen molar-refractivity contribution in [2.24, 2.45) is 0 Å². The second-order valence-corrected chi connectivity index (χ2v) is 4.88. The van der Waals surface area contributed by atoms with Crippen molar-refractivity contribution in [3.05, 3.63) is 77.2 Å². The monoisotopic (exact) mass is 362 g/mol. The van der Waals surface area contributed by atoms with Gasteiger partial charge in [0.05, 0.1) is 11.4 Å². The van der Waals surface area contributed by atoms with Crippen molar-refractivity contribution in [1.82, 2.24) is 9.78 Å². The van der Waals surface area contributed by atoms with Gasteiger partial charge in [-0.05, 0) is 36.4 Å². The first-order chi connectivity index (χ1) is 11.9. The van der Waals surface area contributed by atoms with Crippen LogP contribution in [0.1, 0.15) is 0 Å². The minimum Gasteiger partial charge on any atom is -0.508 e. The fourth-order valence-electron chi connectivity index (χ4n) is 1.53. The Balaban J connectivity index is 0.000000209. The Morgan fingerprint density at radius 3 is 1.80 bits per heavy atom. The van der Waals surface area contributed by atoms with Gasteiger partial charge in [0.25, 0.3) is 5.56 Å². The van der Waals surface area contributed by atoms with Crippen LogP contribution in [0.5, 0.6) is 11.5 Å². The smallest absolute Gasteiger partial charge is 0.313 e. The molecule has 2 aromatic carbocycles. The molecule has 8 heteroatoms. The lowest BCUT2D eigenvalue weighted by molar-refractivity contribution is -0.133. The predicted molar refractivity (Wildman–Crippen MR) is 97.7 cm³/mol. The SMILES string of the molecule is O=C(O)CS.O=c1ccn(-c2ccccc2)[nH]1.Oc1ccc(O)cc1. The van der Waals surface area contributed by atoms with Gasteiger partial charge in [0.1, 0.15) is 11.5 Å². The van der Waals surface area contributed by atoms with E-state index in [1.165, 1.54) is 30.3 Å². The summed E-state index contributed by atoms with van der Waals surface area (Å²) < 4.78 is 1.68. The summed E-state index contributed by atoms with van der Waals surface area (Å²) in [6.07, 6.45) is 1.71. The summed E-state index contributed by atoms with van der Waals surface area (Å²) in [5.41, 5.74) is 0.874. The number of aliphatic carboxylic acids is 1. The number of hydrogen-bond acceptors (Lipinski definition) is 5. The van der Waals surface area contributed by atoms with E-state index in [1.54, 1.807) is 10.9 Å². The first-order valence-corrected chi connectivity index (χ1v) is 7.69. The lowest BCUT2D eigenvalue weighted by atomic mass is 10.3. The van der Waals surface area contributed by atoms with Crippen LogP contribution < -0.4 is 5.56 Å². The van der Waals surface area contributed by atoms with Crippen molar-refractivity contribution in [1.29, 1.82) is 0 Å². The molecule has 0 fully saturated rings. The van der Waals surface area contributed by atoms with Crippen molar-refractivity contribution in [3.63, 3.8) is 0 Å². The highest BCUT2D eigenvalue weighted by Gasteiger charge is 1.92. The molecule has 3 rings (SSSR count). The van der Waals surface area contributed by atoms with Gasteiger partial charge >= 0.3 is 5.97 Å². The Morgan fingerprint density at radius 2 is 1.44 bits per heavy atom. The third-order valence-corrected chi connectivity index (χ3v) is 2.90. The first-order valence-electron chi connectivity index (χ1n) is 7.06. The summed E-state index contributed by atoms with van der Waals surface area (Å²) in [7, 11) is 0. The number of phenolic OH excluding ortho intramolecular Hbond substituents is 2. The van der Waals surface area contributed by atoms with Crippen LogP contribution in [0.2, 0.25) is 0 Å². The van der Waals surface area contributed by atoms with Crippen LogP contribution in [-0.2, 0) is 4.79 Å². The van der Waals surface area contributed by atoms with Crippen molar-refractivity contribution in [3.8, 4) is 17.2 Å². The number of benzene rings is 2.